The van der Waals surface area contributed by atoms with Gasteiger partial charge in [0.2, 0.25) is 0 Å². The van der Waals surface area contributed by atoms with Crippen LogP contribution in [-0.2, 0) is 14.4 Å². The molecule has 0 aromatic heterocycles. The molecule has 0 radical (unpaired) electrons. The standard InChI is InChI=1S/C12H20O4/c1-8(13)5-11(6-9(2)14)12(4,16)7-10(3)15/h11,16H,5-7H2,1-4H3. The number of ketones is 3. The van der Waals surface area contributed by atoms with Crippen molar-refractivity contribution in [2.75, 3.05) is 0 Å². The lowest BCUT2D eigenvalue weighted by atomic mass is 9.79. The molecule has 1 N–H and O–H groups in total. The van der Waals surface area contributed by atoms with E-state index in [0.717, 1.165) is 0 Å². The minimum absolute atomic E-state index is 0.0295. The van der Waals surface area contributed by atoms with Crippen molar-refractivity contribution in [2.24, 2.45) is 5.92 Å². The van der Waals surface area contributed by atoms with Gasteiger partial charge >= 0.3 is 0 Å². The van der Waals surface area contributed by atoms with E-state index in [1.54, 1.807) is 0 Å². The fourth-order valence-corrected chi connectivity index (χ4v) is 1.85. The van der Waals surface area contributed by atoms with E-state index in [0.29, 0.717) is 0 Å². The number of aliphatic hydroxyl groups is 1. The average molecular weight is 228 g/mol. The number of rotatable bonds is 7. The van der Waals surface area contributed by atoms with Crippen LogP contribution in [0.15, 0.2) is 0 Å². The molecule has 0 aliphatic rings. The van der Waals surface area contributed by atoms with E-state index in [1.807, 2.05) is 0 Å². The number of hydrogen-bond acceptors (Lipinski definition) is 4. The zero-order valence-electron chi connectivity index (χ0n) is 10.4. The third-order valence-electron chi connectivity index (χ3n) is 2.55. The summed E-state index contributed by atoms with van der Waals surface area (Å²) >= 11 is 0. The highest BCUT2D eigenvalue weighted by molar-refractivity contribution is 5.80. The lowest BCUT2D eigenvalue weighted by Gasteiger charge is -2.31. The Morgan fingerprint density at radius 3 is 1.62 bits per heavy atom. The number of hydrogen-bond donors (Lipinski definition) is 1. The largest absolute Gasteiger partial charge is 0.389 e. The number of carbonyl (C=O) groups is 3. The Hall–Kier alpha value is -1.03. The van der Waals surface area contributed by atoms with Crippen LogP contribution in [0.1, 0.15) is 47.0 Å². The minimum Gasteiger partial charge on any atom is -0.389 e. The Kier molecular flexibility index (Phi) is 5.51. The predicted octanol–water partition coefficient (Wildman–Crippen LogP) is 1.29. The second-order valence-electron chi connectivity index (χ2n) is 4.75. The molecule has 0 spiro atoms. The highest BCUT2D eigenvalue weighted by Gasteiger charge is 2.34. The van der Waals surface area contributed by atoms with Crippen LogP contribution in [0.4, 0.5) is 0 Å². The molecule has 0 aromatic carbocycles. The summed E-state index contributed by atoms with van der Waals surface area (Å²) in [6, 6.07) is 0. The highest BCUT2D eigenvalue weighted by atomic mass is 16.3. The van der Waals surface area contributed by atoms with E-state index >= 15 is 0 Å². The summed E-state index contributed by atoms with van der Waals surface area (Å²) in [7, 11) is 0. The molecule has 0 aliphatic carbocycles. The Balaban J connectivity index is 4.77. The smallest absolute Gasteiger partial charge is 0.132 e. The average Bonchev–Trinajstić information content (AvgIpc) is 1.98. The van der Waals surface area contributed by atoms with Crippen LogP contribution in [-0.4, -0.2) is 28.1 Å². The number of Topliss-reactive ketones (excluding diaryl/α,β-unsaturated/α-hetero) is 3. The van der Waals surface area contributed by atoms with Gasteiger partial charge in [-0.2, -0.15) is 0 Å². The first-order chi connectivity index (χ1) is 7.15. The van der Waals surface area contributed by atoms with Crippen molar-refractivity contribution < 1.29 is 19.5 Å². The third kappa shape index (κ3) is 5.75. The lowest BCUT2D eigenvalue weighted by molar-refractivity contribution is -0.131. The van der Waals surface area contributed by atoms with E-state index in [4.69, 9.17) is 0 Å². The monoisotopic (exact) mass is 228 g/mol. The summed E-state index contributed by atoms with van der Waals surface area (Å²) in [5.74, 6) is -0.807. The molecule has 0 aliphatic heterocycles. The van der Waals surface area contributed by atoms with Crippen LogP contribution < -0.4 is 0 Å². The highest BCUT2D eigenvalue weighted by Crippen LogP contribution is 2.28. The van der Waals surface area contributed by atoms with E-state index in [-0.39, 0.29) is 36.6 Å². The van der Waals surface area contributed by atoms with Crippen LogP contribution in [0.25, 0.3) is 0 Å². The van der Waals surface area contributed by atoms with Gasteiger partial charge in [0.05, 0.1) is 5.60 Å². The molecule has 0 heterocycles. The Labute approximate surface area is 96.0 Å². The maximum atomic E-state index is 11.1. The van der Waals surface area contributed by atoms with Gasteiger partial charge in [0, 0.05) is 25.2 Å². The molecule has 0 amide bonds. The fourth-order valence-electron chi connectivity index (χ4n) is 1.85. The van der Waals surface area contributed by atoms with Gasteiger partial charge in [0.1, 0.15) is 17.3 Å². The van der Waals surface area contributed by atoms with Crippen LogP contribution in [0, 0.1) is 5.92 Å². The quantitative estimate of drug-likeness (QED) is 0.712. The molecule has 16 heavy (non-hydrogen) atoms. The molecule has 1 atom stereocenters. The molecular weight excluding hydrogens is 208 g/mol. The van der Waals surface area contributed by atoms with Gasteiger partial charge < -0.3 is 14.7 Å². The van der Waals surface area contributed by atoms with E-state index in [1.165, 1.54) is 27.7 Å². The molecular formula is C12H20O4. The summed E-state index contributed by atoms with van der Waals surface area (Å²) in [6.45, 7) is 5.71. The van der Waals surface area contributed by atoms with Gasteiger partial charge in [-0.3, -0.25) is 4.79 Å². The second-order valence-corrected chi connectivity index (χ2v) is 4.75. The van der Waals surface area contributed by atoms with Crippen molar-refractivity contribution in [2.45, 2.75) is 52.6 Å². The maximum absolute atomic E-state index is 11.1. The molecule has 0 saturated carbocycles. The van der Waals surface area contributed by atoms with Crippen LogP contribution >= 0.6 is 0 Å². The molecule has 4 heteroatoms. The maximum Gasteiger partial charge on any atom is 0.132 e. The molecule has 0 fully saturated rings. The van der Waals surface area contributed by atoms with Crippen LogP contribution in [0.5, 0.6) is 0 Å². The first kappa shape index (κ1) is 15.0. The Bertz CT molecular complexity index is 275. The summed E-state index contributed by atoms with van der Waals surface area (Å²) < 4.78 is 0. The van der Waals surface area contributed by atoms with Crippen LogP contribution in [0.2, 0.25) is 0 Å². The second kappa shape index (κ2) is 5.89. The topological polar surface area (TPSA) is 71.4 Å². The number of carbonyl (C=O) groups excluding carboxylic acids is 3. The normalized spacial score (nSPS) is 14.6. The summed E-state index contributed by atoms with van der Waals surface area (Å²) in [5.41, 5.74) is -1.29. The molecule has 0 aromatic rings. The molecule has 92 valence electrons. The van der Waals surface area contributed by atoms with Crippen molar-refractivity contribution in [1.82, 2.24) is 0 Å². The fraction of sp³-hybridized carbons (Fsp3) is 0.750. The first-order valence-electron chi connectivity index (χ1n) is 5.36. The van der Waals surface area contributed by atoms with Crippen LogP contribution in [0.3, 0.4) is 0 Å². The van der Waals surface area contributed by atoms with Gasteiger partial charge in [0.15, 0.2) is 0 Å². The van der Waals surface area contributed by atoms with Gasteiger partial charge in [-0.1, -0.05) is 0 Å². The third-order valence-corrected chi connectivity index (χ3v) is 2.55. The Morgan fingerprint density at radius 1 is 1.00 bits per heavy atom. The van der Waals surface area contributed by atoms with E-state index in [2.05, 4.69) is 0 Å². The van der Waals surface area contributed by atoms with Crippen molar-refractivity contribution >= 4 is 17.3 Å². The van der Waals surface area contributed by atoms with Crippen molar-refractivity contribution in [3.05, 3.63) is 0 Å². The van der Waals surface area contributed by atoms with E-state index in [9.17, 15) is 19.5 Å². The first-order valence-corrected chi connectivity index (χ1v) is 5.36. The lowest BCUT2D eigenvalue weighted by Crippen LogP contribution is -2.38. The molecule has 4 nitrogen and oxygen atoms in total. The SMILES string of the molecule is CC(=O)CC(CC(C)=O)C(C)(O)CC(C)=O. The molecule has 0 bridgehead atoms. The summed E-state index contributed by atoms with van der Waals surface area (Å²) in [4.78, 5) is 33.1. The summed E-state index contributed by atoms with van der Waals surface area (Å²) in [6.07, 6.45) is 0.220. The summed E-state index contributed by atoms with van der Waals surface area (Å²) in [5, 5.41) is 10.1. The Morgan fingerprint density at radius 2 is 1.38 bits per heavy atom. The van der Waals surface area contributed by atoms with Crippen molar-refractivity contribution in [1.29, 1.82) is 0 Å². The molecule has 0 saturated heterocycles. The van der Waals surface area contributed by atoms with Crippen molar-refractivity contribution in [3.63, 3.8) is 0 Å². The van der Waals surface area contributed by atoms with Gasteiger partial charge in [-0.05, 0) is 27.7 Å². The predicted molar refractivity (Wildman–Crippen MR) is 60.0 cm³/mol. The molecule has 1 unspecified atom stereocenters. The van der Waals surface area contributed by atoms with Gasteiger partial charge in [0.25, 0.3) is 0 Å². The van der Waals surface area contributed by atoms with Gasteiger partial charge in [-0.15, -0.1) is 0 Å². The van der Waals surface area contributed by atoms with Gasteiger partial charge in [-0.25, -0.2) is 0 Å². The minimum atomic E-state index is -1.29. The molecule has 0 rings (SSSR count). The zero-order valence-corrected chi connectivity index (χ0v) is 10.4. The zero-order chi connectivity index (χ0) is 12.9. The van der Waals surface area contributed by atoms with Crippen molar-refractivity contribution in [3.8, 4) is 0 Å². The van der Waals surface area contributed by atoms with E-state index < -0.39 is 11.5 Å².